The van der Waals surface area contributed by atoms with Crippen molar-refractivity contribution in [3.8, 4) is 0 Å². The number of amides is 1. The summed E-state index contributed by atoms with van der Waals surface area (Å²) >= 11 is 7.51. The lowest BCUT2D eigenvalue weighted by Gasteiger charge is -2.21. The van der Waals surface area contributed by atoms with Crippen LogP contribution in [-0.2, 0) is 19.0 Å². The second kappa shape index (κ2) is 8.50. The first kappa shape index (κ1) is 23.9. The van der Waals surface area contributed by atoms with Crippen molar-refractivity contribution in [3.05, 3.63) is 58.4 Å². The number of ether oxygens (including phenoxy) is 3. The number of thioether (sulfide) groups is 1. The van der Waals surface area contributed by atoms with E-state index in [0.29, 0.717) is 22.1 Å². The zero-order chi connectivity index (χ0) is 24.1. The van der Waals surface area contributed by atoms with Crippen molar-refractivity contribution in [2.24, 2.45) is 0 Å². The molecule has 1 unspecified atom stereocenters. The van der Waals surface area contributed by atoms with Crippen LogP contribution >= 0.6 is 23.4 Å². The largest absolute Gasteiger partial charge is 0.456 e. The van der Waals surface area contributed by atoms with Crippen LogP contribution in [0, 0.1) is 17.5 Å². The Bertz CT molecular complexity index is 1120. The molecule has 0 aromatic heterocycles. The Morgan fingerprint density at radius 1 is 1.15 bits per heavy atom. The van der Waals surface area contributed by atoms with Gasteiger partial charge in [-0.05, 0) is 39.0 Å². The molecule has 2 aliphatic rings. The molecule has 0 spiro atoms. The van der Waals surface area contributed by atoms with Gasteiger partial charge in [0.05, 0.1) is 5.02 Å². The van der Waals surface area contributed by atoms with E-state index >= 15 is 0 Å². The summed E-state index contributed by atoms with van der Waals surface area (Å²) in [6, 6.07) is 5.77. The number of hydrogen-bond donors (Lipinski definition) is 1. The molecule has 0 aliphatic carbocycles. The number of carbonyl (C=O) groups is 2. The van der Waals surface area contributed by atoms with Crippen LogP contribution in [0.4, 0.5) is 18.9 Å². The lowest BCUT2D eigenvalue weighted by Crippen LogP contribution is -2.41. The van der Waals surface area contributed by atoms with Gasteiger partial charge in [0.2, 0.25) is 0 Å². The lowest BCUT2D eigenvalue weighted by molar-refractivity contribution is -0.195. The lowest BCUT2D eigenvalue weighted by atomic mass is 9.99. The monoisotopic (exact) mass is 501 g/mol. The quantitative estimate of drug-likeness (QED) is 0.355. The molecule has 33 heavy (non-hydrogen) atoms. The van der Waals surface area contributed by atoms with E-state index in [1.165, 1.54) is 30.0 Å². The van der Waals surface area contributed by atoms with Crippen molar-refractivity contribution in [1.82, 2.24) is 0 Å². The van der Waals surface area contributed by atoms with Crippen LogP contribution in [0.25, 0.3) is 0 Å². The Morgan fingerprint density at radius 2 is 1.82 bits per heavy atom. The summed E-state index contributed by atoms with van der Waals surface area (Å²) in [6.07, 6.45) is -1.21. The second-order valence-corrected chi connectivity index (χ2v) is 9.72. The molecule has 2 fully saturated rings. The van der Waals surface area contributed by atoms with Gasteiger partial charge in [0, 0.05) is 34.0 Å². The van der Waals surface area contributed by atoms with Gasteiger partial charge >= 0.3 is 5.97 Å². The summed E-state index contributed by atoms with van der Waals surface area (Å²) in [4.78, 5) is 25.4. The van der Waals surface area contributed by atoms with Crippen LogP contribution in [0.1, 0.15) is 31.1 Å². The number of esters is 1. The van der Waals surface area contributed by atoms with Crippen LogP contribution in [0.3, 0.4) is 0 Å². The maximum atomic E-state index is 13.4. The molecule has 176 valence electrons. The maximum Gasteiger partial charge on any atom is 0.341 e. The Kier molecular flexibility index (Phi) is 6.15. The summed E-state index contributed by atoms with van der Waals surface area (Å²) in [5.74, 6) is -6.30. The number of halogens is 4. The van der Waals surface area contributed by atoms with Crippen molar-refractivity contribution >= 4 is 40.9 Å². The van der Waals surface area contributed by atoms with Crippen LogP contribution in [0.2, 0.25) is 5.02 Å². The molecule has 0 saturated carbocycles. The Balaban J connectivity index is 1.47. The van der Waals surface area contributed by atoms with Gasteiger partial charge in [-0.2, -0.15) is 0 Å². The molecule has 2 aromatic carbocycles. The van der Waals surface area contributed by atoms with Gasteiger partial charge in [-0.15, -0.1) is 11.8 Å². The molecule has 2 saturated heterocycles. The maximum absolute atomic E-state index is 13.4. The topological polar surface area (TPSA) is 73.9 Å². The first-order valence-corrected chi connectivity index (χ1v) is 11.2. The average molecular weight is 502 g/mol. The summed E-state index contributed by atoms with van der Waals surface area (Å²) in [6.45, 7) is 5.05. The minimum Gasteiger partial charge on any atom is -0.456 e. The SMILES string of the molecule is CC1(C)O[C@@H]2[C@@H](CSc3cc(C(=O)Nc4cc(F)c(F)c(F)c4)ccc3Cl)OC(=O)C2(C)O1. The molecule has 11 heteroatoms. The van der Waals surface area contributed by atoms with Crippen molar-refractivity contribution in [3.63, 3.8) is 0 Å². The van der Waals surface area contributed by atoms with Crippen molar-refractivity contribution in [1.29, 1.82) is 0 Å². The van der Waals surface area contributed by atoms with Crippen LogP contribution in [0.5, 0.6) is 0 Å². The third kappa shape index (κ3) is 4.57. The van der Waals surface area contributed by atoms with Gasteiger partial charge in [-0.1, -0.05) is 11.6 Å². The molecular weight excluding hydrogens is 483 g/mol. The second-order valence-electron chi connectivity index (χ2n) is 8.26. The van der Waals surface area contributed by atoms with Crippen molar-refractivity contribution < 1.29 is 37.0 Å². The zero-order valence-electron chi connectivity index (χ0n) is 17.7. The van der Waals surface area contributed by atoms with E-state index in [-0.39, 0.29) is 17.0 Å². The number of fused-ring (bicyclic) bond motifs is 1. The van der Waals surface area contributed by atoms with E-state index in [0.717, 1.165) is 0 Å². The average Bonchev–Trinajstić information content (AvgIpc) is 3.11. The number of anilines is 1. The number of hydrogen-bond acceptors (Lipinski definition) is 6. The first-order chi connectivity index (χ1) is 15.4. The highest BCUT2D eigenvalue weighted by Gasteiger charge is 2.64. The number of cyclic esters (lactones) is 1. The van der Waals surface area contributed by atoms with Gasteiger partial charge in [0.15, 0.2) is 28.8 Å². The van der Waals surface area contributed by atoms with Crippen molar-refractivity contribution in [2.45, 2.75) is 49.3 Å². The van der Waals surface area contributed by atoms with Crippen LogP contribution in [-0.4, -0.2) is 41.2 Å². The number of nitrogens with one attached hydrogen (secondary N) is 1. The van der Waals surface area contributed by atoms with Gasteiger partial charge in [-0.25, -0.2) is 18.0 Å². The molecule has 1 N–H and O–H groups in total. The summed E-state index contributed by atoms with van der Waals surface area (Å²) < 4.78 is 57.0. The minimum absolute atomic E-state index is 0.155. The molecule has 3 atom stereocenters. The summed E-state index contributed by atoms with van der Waals surface area (Å²) in [5, 5.41) is 2.67. The molecule has 6 nitrogen and oxygen atoms in total. The van der Waals surface area contributed by atoms with E-state index in [4.69, 9.17) is 25.8 Å². The Labute approximate surface area is 196 Å². The third-order valence-corrected chi connectivity index (χ3v) is 6.84. The van der Waals surface area contributed by atoms with Crippen molar-refractivity contribution in [2.75, 3.05) is 11.1 Å². The standard InChI is InChI=1S/C22H19ClF3NO5S/c1-21(2)31-18-15(30-20(29)22(18,3)32-21)9-33-16-6-10(4-5-12(16)23)19(28)27-11-7-13(24)17(26)14(25)8-11/h4-8,15,18H,9H2,1-3H3,(H,27,28)/t15-,18-,22?/m1/s1. The van der Waals surface area contributed by atoms with Gasteiger partial charge in [-0.3, -0.25) is 4.79 Å². The molecule has 1 amide bonds. The molecule has 2 aliphatic heterocycles. The molecule has 4 rings (SSSR count). The number of rotatable bonds is 5. The first-order valence-electron chi connectivity index (χ1n) is 9.87. The number of benzene rings is 2. The molecule has 0 bridgehead atoms. The highest BCUT2D eigenvalue weighted by Crippen LogP contribution is 2.45. The fourth-order valence-corrected chi connectivity index (χ4v) is 5.08. The summed E-state index contributed by atoms with van der Waals surface area (Å²) in [5.41, 5.74) is -1.29. The third-order valence-electron chi connectivity index (χ3n) is 5.25. The molecule has 0 radical (unpaired) electrons. The predicted molar refractivity (Wildman–Crippen MR) is 115 cm³/mol. The normalized spacial score (nSPS) is 25.6. The zero-order valence-corrected chi connectivity index (χ0v) is 19.3. The smallest absolute Gasteiger partial charge is 0.341 e. The van der Waals surface area contributed by atoms with Crippen LogP contribution < -0.4 is 5.32 Å². The number of carbonyl (C=O) groups excluding carboxylic acids is 2. The fourth-order valence-electron chi connectivity index (χ4n) is 3.80. The highest BCUT2D eigenvalue weighted by atomic mass is 35.5. The van der Waals surface area contributed by atoms with E-state index in [1.54, 1.807) is 20.8 Å². The molecular formula is C22H19ClF3NO5S. The Hall–Kier alpha value is -2.27. The predicted octanol–water partition coefficient (Wildman–Crippen LogP) is 4.94. The van der Waals surface area contributed by atoms with Gasteiger partial charge in [0.25, 0.3) is 5.91 Å². The van der Waals surface area contributed by atoms with E-state index < -0.39 is 52.9 Å². The highest BCUT2D eigenvalue weighted by molar-refractivity contribution is 7.99. The van der Waals surface area contributed by atoms with Gasteiger partial charge in [0.1, 0.15) is 12.2 Å². The molecule has 2 aromatic rings. The van der Waals surface area contributed by atoms with E-state index in [2.05, 4.69) is 5.32 Å². The van der Waals surface area contributed by atoms with E-state index in [1.807, 2.05) is 0 Å². The minimum atomic E-state index is -1.62. The van der Waals surface area contributed by atoms with Gasteiger partial charge < -0.3 is 19.5 Å². The Morgan fingerprint density at radius 3 is 2.48 bits per heavy atom. The molecule has 2 heterocycles. The van der Waals surface area contributed by atoms with Crippen LogP contribution in [0.15, 0.2) is 35.2 Å². The fraction of sp³-hybridized carbons (Fsp3) is 0.364. The summed E-state index contributed by atoms with van der Waals surface area (Å²) in [7, 11) is 0. The van der Waals surface area contributed by atoms with E-state index in [9.17, 15) is 22.8 Å².